The summed E-state index contributed by atoms with van der Waals surface area (Å²) in [6, 6.07) is 11.2. The third-order valence-electron chi connectivity index (χ3n) is 6.58. The van der Waals surface area contributed by atoms with Crippen LogP contribution in [0.3, 0.4) is 0 Å². The molecule has 0 heterocycles. The Morgan fingerprint density at radius 1 is 0.658 bits per heavy atom. The molecule has 2 aromatic rings. The normalized spacial score (nSPS) is 11.1. The van der Waals surface area contributed by atoms with E-state index in [0.29, 0.717) is 0 Å². The van der Waals surface area contributed by atoms with E-state index in [-0.39, 0.29) is 16.5 Å². The van der Waals surface area contributed by atoms with Gasteiger partial charge in [-0.15, -0.1) is 0 Å². The standard InChI is InChI=1S/C31H46N2.2C2H5.Ni/c1-8-12-15-26-21-28(19-18-23(26)5)32-25(7)31(11-4)33-29-20-24(6)30(17-14-10-3)27(22-29)16-13-9-2;2*1-2;/h18-22H,8-17H2,1-7H3;2*1H2,2H3;/q;2*-1;+2. The van der Waals surface area contributed by atoms with Gasteiger partial charge in [-0.05, 0) is 118 Å². The number of hydrogen-bond acceptors (Lipinski definition) is 2. The maximum Gasteiger partial charge on any atom is 2.00 e. The van der Waals surface area contributed by atoms with Crippen molar-refractivity contribution >= 4 is 22.8 Å². The van der Waals surface area contributed by atoms with Crippen LogP contribution in [-0.2, 0) is 35.8 Å². The molecule has 0 unspecified atom stereocenters. The molecule has 2 aromatic carbocycles. The van der Waals surface area contributed by atoms with Gasteiger partial charge in [-0.1, -0.05) is 53.0 Å². The van der Waals surface area contributed by atoms with Gasteiger partial charge in [0, 0.05) is 0 Å². The average Bonchev–Trinajstić information content (AvgIpc) is 2.92. The Hall–Kier alpha value is -1.73. The molecule has 2 nitrogen and oxygen atoms in total. The Kier molecular flexibility index (Phi) is 23.4. The molecule has 0 aliphatic rings. The van der Waals surface area contributed by atoms with E-state index in [2.05, 4.69) is 92.6 Å². The van der Waals surface area contributed by atoms with Crippen LogP contribution in [0, 0.1) is 27.7 Å². The van der Waals surface area contributed by atoms with Gasteiger partial charge in [0.05, 0.1) is 22.8 Å². The van der Waals surface area contributed by atoms with Crippen LogP contribution in [0.5, 0.6) is 0 Å². The Balaban J connectivity index is 0. The number of unbranched alkanes of at least 4 members (excludes halogenated alkanes) is 3. The number of rotatable bonds is 13. The average molecular weight is 564 g/mol. The predicted molar refractivity (Wildman–Crippen MR) is 170 cm³/mol. The molecule has 0 saturated heterocycles. The predicted octanol–water partition coefficient (Wildman–Crippen LogP) is 11.3. The van der Waals surface area contributed by atoms with E-state index in [1.807, 2.05) is 0 Å². The van der Waals surface area contributed by atoms with E-state index in [1.54, 1.807) is 19.4 Å². The first-order valence-corrected chi connectivity index (χ1v) is 14.7. The van der Waals surface area contributed by atoms with Crippen LogP contribution in [0.15, 0.2) is 40.3 Å². The zero-order chi connectivity index (χ0) is 28.2. The molecule has 0 radical (unpaired) electrons. The summed E-state index contributed by atoms with van der Waals surface area (Å²) in [7, 11) is 0. The van der Waals surface area contributed by atoms with Crippen LogP contribution in [0.25, 0.3) is 0 Å². The fourth-order valence-corrected chi connectivity index (χ4v) is 4.43. The van der Waals surface area contributed by atoms with Gasteiger partial charge in [0.1, 0.15) is 0 Å². The van der Waals surface area contributed by atoms with E-state index in [1.165, 1.54) is 67.2 Å². The summed E-state index contributed by atoms with van der Waals surface area (Å²) in [5.74, 6) is 0. The Bertz CT molecular complexity index is 957. The second-order valence-corrected chi connectivity index (χ2v) is 9.43. The molecule has 0 bridgehead atoms. The van der Waals surface area contributed by atoms with Gasteiger partial charge < -0.3 is 13.8 Å². The Labute approximate surface area is 247 Å². The molecule has 0 atom stereocenters. The fourth-order valence-electron chi connectivity index (χ4n) is 4.43. The quantitative estimate of drug-likeness (QED) is 0.132. The molecule has 38 heavy (non-hydrogen) atoms. The van der Waals surface area contributed by atoms with Gasteiger partial charge in [-0.2, -0.15) is 13.8 Å². The molecule has 3 heteroatoms. The van der Waals surface area contributed by atoms with E-state index in [9.17, 15) is 0 Å². The van der Waals surface area contributed by atoms with Crippen molar-refractivity contribution < 1.29 is 16.5 Å². The van der Waals surface area contributed by atoms with Crippen molar-refractivity contribution in [2.75, 3.05) is 0 Å². The third kappa shape index (κ3) is 13.4. The molecule has 0 fully saturated rings. The summed E-state index contributed by atoms with van der Waals surface area (Å²) in [6.07, 6.45) is 11.7. The molecule has 0 amide bonds. The van der Waals surface area contributed by atoms with E-state index in [0.717, 1.165) is 42.1 Å². The number of benzene rings is 2. The molecule has 0 N–H and O–H groups in total. The van der Waals surface area contributed by atoms with Crippen molar-refractivity contribution in [2.24, 2.45) is 9.98 Å². The van der Waals surface area contributed by atoms with Crippen LogP contribution in [-0.4, -0.2) is 11.4 Å². The number of nitrogens with zero attached hydrogens (tertiary/aromatic N) is 2. The number of aliphatic imine (C=N–C) groups is 2. The van der Waals surface area contributed by atoms with Gasteiger partial charge in [0.2, 0.25) is 0 Å². The fraction of sp³-hybridized carbons (Fsp3) is 0.543. The van der Waals surface area contributed by atoms with Crippen molar-refractivity contribution in [1.82, 2.24) is 0 Å². The molecular formula is C35H56N2Ni. The largest absolute Gasteiger partial charge is 2.00 e. The van der Waals surface area contributed by atoms with Gasteiger partial charge in [-0.25, -0.2) is 0 Å². The second kappa shape index (κ2) is 23.2. The van der Waals surface area contributed by atoms with Crippen LogP contribution in [0.4, 0.5) is 11.4 Å². The maximum absolute atomic E-state index is 5.10. The smallest absolute Gasteiger partial charge is 0.346 e. The molecule has 0 aliphatic heterocycles. The van der Waals surface area contributed by atoms with Crippen molar-refractivity contribution in [2.45, 2.75) is 127 Å². The summed E-state index contributed by atoms with van der Waals surface area (Å²) in [5.41, 5.74) is 11.4. The van der Waals surface area contributed by atoms with Crippen LogP contribution in [0.1, 0.15) is 121 Å². The van der Waals surface area contributed by atoms with E-state index < -0.39 is 0 Å². The monoisotopic (exact) mass is 562 g/mol. The van der Waals surface area contributed by atoms with Crippen molar-refractivity contribution in [1.29, 1.82) is 0 Å². The number of aryl methyl sites for hydroxylation is 4. The minimum atomic E-state index is 0. The molecule has 0 saturated carbocycles. The SMILES string of the molecule is CCCCc1cc(N=C(C)C(CC)=Nc2cc(C)c(CCCC)c(CCCC)c2)ccc1C.[CH2-]C.[CH2-]C.[Ni+2]. The first-order valence-electron chi connectivity index (χ1n) is 14.7. The third-order valence-corrected chi connectivity index (χ3v) is 6.58. The van der Waals surface area contributed by atoms with Gasteiger partial charge in [-0.3, -0.25) is 9.98 Å². The molecule has 2 rings (SSSR count). The van der Waals surface area contributed by atoms with Crippen molar-refractivity contribution in [3.05, 3.63) is 72.0 Å². The summed E-state index contributed by atoms with van der Waals surface area (Å²) in [4.78, 5) is 10.1. The minimum absolute atomic E-state index is 0. The maximum atomic E-state index is 5.10. The zero-order valence-corrected chi connectivity index (χ0v) is 27.1. The van der Waals surface area contributed by atoms with E-state index >= 15 is 0 Å². The van der Waals surface area contributed by atoms with Gasteiger partial charge >= 0.3 is 16.5 Å². The first kappa shape index (κ1) is 38.4. The minimum Gasteiger partial charge on any atom is -0.346 e. The van der Waals surface area contributed by atoms with Gasteiger partial charge in [0.25, 0.3) is 0 Å². The Morgan fingerprint density at radius 2 is 1.18 bits per heavy atom. The zero-order valence-electron chi connectivity index (χ0n) is 26.1. The summed E-state index contributed by atoms with van der Waals surface area (Å²) in [6.45, 7) is 25.5. The molecule has 0 spiro atoms. The molecular weight excluding hydrogens is 507 g/mol. The first-order chi connectivity index (χ1) is 17.9. The molecule has 0 aliphatic carbocycles. The molecule has 0 aromatic heterocycles. The summed E-state index contributed by atoms with van der Waals surface area (Å²) >= 11 is 0. The van der Waals surface area contributed by atoms with Crippen LogP contribution < -0.4 is 0 Å². The van der Waals surface area contributed by atoms with E-state index in [4.69, 9.17) is 9.98 Å². The number of hydrogen-bond donors (Lipinski definition) is 0. The van der Waals surface area contributed by atoms with Crippen molar-refractivity contribution in [3.8, 4) is 0 Å². The van der Waals surface area contributed by atoms with Gasteiger partial charge in [0.15, 0.2) is 0 Å². The topological polar surface area (TPSA) is 24.7 Å². The van der Waals surface area contributed by atoms with Crippen molar-refractivity contribution in [3.63, 3.8) is 0 Å². The Morgan fingerprint density at radius 3 is 1.74 bits per heavy atom. The summed E-state index contributed by atoms with van der Waals surface area (Å²) < 4.78 is 0. The molecule has 216 valence electrons. The van der Waals surface area contributed by atoms with Crippen LogP contribution >= 0.6 is 0 Å². The second-order valence-electron chi connectivity index (χ2n) is 9.43. The summed E-state index contributed by atoms with van der Waals surface area (Å²) in [5, 5.41) is 0. The van der Waals surface area contributed by atoms with Crippen LogP contribution in [0.2, 0.25) is 0 Å².